The van der Waals surface area contributed by atoms with Gasteiger partial charge in [0.25, 0.3) is 5.91 Å². The highest BCUT2D eigenvalue weighted by Gasteiger charge is 2.31. The number of methoxy groups -OCH3 is 1. The Hall–Kier alpha value is -2.35. The van der Waals surface area contributed by atoms with Crippen LogP contribution < -0.4 is 4.74 Å². The van der Waals surface area contributed by atoms with Crippen molar-refractivity contribution in [3.05, 3.63) is 41.6 Å². The Labute approximate surface area is 142 Å². The van der Waals surface area contributed by atoms with Crippen molar-refractivity contribution in [3.63, 3.8) is 0 Å². The van der Waals surface area contributed by atoms with E-state index in [0.717, 1.165) is 4.31 Å². The summed E-state index contributed by atoms with van der Waals surface area (Å²) in [6, 6.07) is 6.88. The number of rotatable bonds is 5. The fourth-order valence-electron chi connectivity index (χ4n) is 2.34. The molecule has 1 aromatic rings. The zero-order chi connectivity index (χ0) is 17.9. The van der Waals surface area contributed by atoms with E-state index in [1.54, 1.807) is 29.2 Å². The van der Waals surface area contributed by atoms with Crippen LogP contribution in [-0.4, -0.2) is 56.5 Å². The molecule has 130 valence electrons. The molecule has 1 heterocycles. The van der Waals surface area contributed by atoms with Crippen LogP contribution in [0.4, 0.5) is 0 Å². The Balaban J connectivity index is 2.53. The zero-order valence-corrected chi connectivity index (χ0v) is 15.0. The smallest absolute Gasteiger partial charge is 0.345 e. The molecule has 0 spiro atoms. The van der Waals surface area contributed by atoms with Gasteiger partial charge in [0.1, 0.15) is 11.4 Å². The van der Waals surface area contributed by atoms with Gasteiger partial charge in [-0.1, -0.05) is 12.1 Å². The van der Waals surface area contributed by atoms with E-state index in [1.807, 2.05) is 13.8 Å². The van der Waals surface area contributed by atoms with Crippen LogP contribution >= 0.6 is 0 Å². The molecule has 0 atom stereocenters. The van der Waals surface area contributed by atoms with Gasteiger partial charge in [-0.2, -0.15) is 8.42 Å². The van der Waals surface area contributed by atoms with Gasteiger partial charge in [0.15, 0.2) is 0 Å². The van der Waals surface area contributed by atoms with Crippen LogP contribution in [0.15, 0.2) is 40.4 Å². The van der Waals surface area contributed by atoms with Crippen molar-refractivity contribution >= 4 is 21.8 Å². The first-order valence-corrected chi connectivity index (χ1v) is 8.98. The highest BCUT2D eigenvalue weighted by atomic mass is 32.2. The average Bonchev–Trinajstić information content (AvgIpc) is 2.58. The summed E-state index contributed by atoms with van der Waals surface area (Å²) in [4.78, 5) is 14.2. The maximum Gasteiger partial charge on any atom is 0.345 e. The molecule has 1 aromatic carbocycles. The number of nitrogens with zero attached hydrogens (tertiary/aromatic N) is 3. The first-order chi connectivity index (χ1) is 11.3. The molecule has 0 unspecified atom stereocenters. The normalized spacial score (nSPS) is 16.2. The van der Waals surface area contributed by atoms with Crippen LogP contribution in [-0.2, 0) is 15.0 Å². The SMILES string of the molecule is CCN(CC)C(=O)C1=CC(c2cccc(OC)c2)=NS(=O)(=O)N1C. The molecule has 2 rings (SSSR count). The molecule has 1 aliphatic heterocycles. The molecule has 0 bridgehead atoms. The van der Waals surface area contributed by atoms with Crippen LogP contribution in [0, 0.1) is 0 Å². The molecule has 0 saturated heterocycles. The molecular weight excluding hydrogens is 330 g/mol. The molecule has 0 fully saturated rings. The summed E-state index contributed by atoms with van der Waals surface area (Å²) in [5.74, 6) is 0.234. The van der Waals surface area contributed by atoms with E-state index in [-0.39, 0.29) is 17.3 Å². The van der Waals surface area contributed by atoms with Crippen LogP contribution in [0.3, 0.4) is 0 Å². The number of carbonyl (C=O) groups is 1. The van der Waals surface area contributed by atoms with Crippen LogP contribution in [0.5, 0.6) is 5.75 Å². The first-order valence-electron chi connectivity index (χ1n) is 7.58. The molecule has 1 amide bonds. The van der Waals surface area contributed by atoms with Crippen LogP contribution in [0.25, 0.3) is 0 Å². The number of hydrogen-bond acceptors (Lipinski definition) is 4. The molecule has 7 nitrogen and oxygen atoms in total. The van der Waals surface area contributed by atoms with Gasteiger partial charge in [0, 0.05) is 25.7 Å². The summed E-state index contributed by atoms with van der Waals surface area (Å²) in [5.41, 5.74) is 0.852. The number of likely N-dealkylation sites (N-methyl/N-ethyl adjacent to an activating group) is 2. The summed E-state index contributed by atoms with van der Waals surface area (Å²) in [5, 5.41) is 0. The lowest BCUT2D eigenvalue weighted by molar-refractivity contribution is -0.127. The van der Waals surface area contributed by atoms with Crippen molar-refractivity contribution in [2.24, 2.45) is 4.40 Å². The molecule has 0 aromatic heterocycles. The minimum Gasteiger partial charge on any atom is -0.497 e. The Morgan fingerprint density at radius 3 is 2.54 bits per heavy atom. The molecule has 0 radical (unpaired) electrons. The minimum absolute atomic E-state index is 0.0755. The first kappa shape index (κ1) is 18.0. The summed E-state index contributed by atoms with van der Waals surface area (Å²) >= 11 is 0. The van der Waals surface area contributed by atoms with Gasteiger partial charge >= 0.3 is 10.2 Å². The zero-order valence-electron chi connectivity index (χ0n) is 14.2. The predicted octanol–water partition coefficient (Wildman–Crippen LogP) is 1.43. The lowest BCUT2D eigenvalue weighted by atomic mass is 10.1. The van der Waals surface area contributed by atoms with Gasteiger partial charge in [-0.25, -0.2) is 4.31 Å². The Morgan fingerprint density at radius 1 is 1.29 bits per heavy atom. The number of carbonyl (C=O) groups excluding carboxylic acids is 1. The molecule has 0 saturated carbocycles. The van der Waals surface area contributed by atoms with Gasteiger partial charge in [-0.05, 0) is 32.1 Å². The lowest BCUT2D eigenvalue weighted by Crippen LogP contribution is -2.40. The van der Waals surface area contributed by atoms with E-state index >= 15 is 0 Å². The minimum atomic E-state index is -3.96. The maximum atomic E-state index is 12.6. The third-order valence-electron chi connectivity index (χ3n) is 3.81. The summed E-state index contributed by atoms with van der Waals surface area (Å²) in [7, 11) is -1.10. The maximum absolute atomic E-state index is 12.6. The van der Waals surface area contributed by atoms with Crippen molar-refractivity contribution in [3.8, 4) is 5.75 Å². The van der Waals surface area contributed by atoms with Crippen molar-refractivity contribution in [2.45, 2.75) is 13.8 Å². The second-order valence-corrected chi connectivity index (χ2v) is 6.79. The van der Waals surface area contributed by atoms with Crippen LogP contribution in [0.2, 0.25) is 0 Å². The van der Waals surface area contributed by atoms with Crippen molar-refractivity contribution in [2.75, 3.05) is 27.2 Å². The fraction of sp³-hybridized carbons (Fsp3) is 0.375. The highest BCUT2D eigenvalue weighted by Crippen LogP contribution is 2.22. The van der Waals surface area contributed by atoms with E-state index in [2.05, 4.69) is 4.40 Å². The summed E-state index contributed by atoms with van der Waals surface area (Å²) in [6.45, 7) is 4.67. The van der Waals surface area contributed by atoms with E-state index in [1.165, 1.54) is 20.2 Å². The van der Waals surface area contributed by atoms with Crippen LogP contribution in [0.1, 0.15) is 19.4 Å². The Bertz CT molecular complexity index is 795. The third kappa shape index (κ3) is 3.43. The quantitative estimate of drug-likeness (QED) is 0.804. The molecule has 0 N–H and O–H groups in total. The predicted molar refractivity (Wildman–Crippen MR) is 92.2 cm³/mol. The third-order valence-corrected chi connectivity index (χ3v) is 5.12. The second-order valence-electron chi connectivity index (χ2n) is 5.16. The number of hydrogen-bond donors (Lipinski definition) is 0. The van der Waals surface area contributed by atoms with Gasteiger partial charge < -0.3 is 9.64 Å². The molecule has 8 heteroatoms. The number of allylic oxidation sites excluding steroid dienone is 1. The van der Waals surface area contributed by atoms with Crippen molar-refractivity contribution in [1.29, 1.82) is 0 Å². The van der Waals surface area contributed by atoms with Crippen molar-refractivity contribution < 1.29 is 17.9 Å². The molecule has 1 aliphatic rings. The summed E-state index contributed by atoms with van der Waals surface area (Å²) < 4.78 is 34.5. The summed E-state index contributed by atoms with van der Waals surface area (Å²) in [6.07, 6.45) is 1.50. The van der Waals surface area contributed by atoms with E-state index in [0.29, 0.717) is 24.4 Å². The topological polar surface area (TPSA) is 79.3 Å². The van der Waals surface area contributed by atoms with Gasteiger partial charge in [-0.3, -0.25) is 4.79 Å². The molecular formula is C16H21N3O4S. The Morgan fingerprint density at radius 2 is 1.96 bits per heavy atom. The molecule has 24 heavy (non-hydrogen) atoms. The van der Waals surface area contributed by atoms with E-state index in [4.69, 9.17) is 4.74 Å². The van der Waals surface area contributed by atoms with Gasteiger partial charge in [0.05, 0.1) is 12.8 Å². The number of benzene rings is 1. The van der Waals surface area contributed by atoms with E-state index in [9.17, 15) is 13.2 Å². The monoisotopic (exact) mass is 351 g/mol. The van der Waals surface area contributed by atoms with Gasteiger partial charge in [0.2, 0.25) is 0 Å². The second kappa shape index (κ2) is 7.04. The van der Waals surface area contributed by atoms with E-state index < -0.39 is 10.2 Å². The van der Waals surface area contributed by atoms with Crippen molar-refractivity contribution in [1.82, 2.24) is 9.21 Å². The number of amides is 1. The lowest BCUT2D eigenvalue weighted by Gasteiger charge is -2.27. The fourth-order valence-corrected chi connectivity index (χ4v) is 3.25. The average molecular weight is 351 g/mol. The largest absolute Gasteiger partial charge is 0.497 e. The highest BCUT2D eigenvalue weighted by molar-refractivity contribution is 7.88. The number of ether oxygens (including phenoxy) is 1. The van der Waals surface area contributed by atoms with Gasteiger partial charge in [-0.15, -0.1) is 4.40 Å². The standard InChI is InChI=1S/C16H21N3O4S/c1-5-19(6-2)16(20)15-11-14(17-24(21,22)18(15)3)12-8-7-9-13(10-12)23-4/h7-11H,5-6H2,1-4H3. The Kier molecular flexibility index (Phi) is 5.28. The molecule has 0 aliphatic carbocycles.